The molecule has 2 aromatic carbocycles. The molecule has 1 aromatic heterocycles. The van der Waals surface area contributed by atoms with E-state index in [1.165, 1.54) is 0 Å². The number of hydrogen-bond acceptors (Lipinski definition) is 6. The third-order valence-corrected chi connectivity index (χ3v) is 6.96. The number of nitrogens with zero attached hydrogens (tertiary/aromatic N) is 3. The second-order valence-corrected chi connectivity index (χ2v) is 9.06. The smallest absolute Gasteiger partial charge is 0.255 e. The third kappa shape index (κ3) is 4.21. The van der Waals surface area contributed by atoms with Gasteiger partial charge in [0.05, 0.1) is 16.9 Å². The van der Waals surface area contributed by atoms with Gasteiger partial charge in [-0.3, -0.25) is 4.79 Å². The van der Waals surface area contributed by atoms with Gasteiger partial charge in [0.15, 0.2) is 5.13 Å². The number of anilines is 1. The third-order valence-electron chi connectivity index (χ3n) is 4.93. The van der Waals surface area contributed by atoms with Crippen molar-refractivity contribution < 1.29 is 9.53 Å². The van der Waals surface area contributed by atoms with Crippen molar-refractivity contribution in [3.63, 3.8) is 0 Å². The number of rotatable bonds is 6. The van der Waals surface area contributed by atoms with Crippen LogP contribution in [0.5, 0.6) is 5.75 Å². The predicted octanol–water partition coefficient (Wildman–Crippen LogP) is 4.77. The lowest BCUT2D eigenvalue weighted by molar-refractivity contribution is 0.0743. The van der Waals surface area contributed by atoms with Crippen molar-refractivity contribution in [3.8, 4) is 5.75 Å². The molecule has 3 aromatic rings. The van der Waals surface area contributed by atoms with Crippen LogP contribution in [0.2, 0.25) is 0 Å². The van der Waals surface area contributed by atoms with E-state index in [0.717, 1.165) is 50.4 Å². The van der Waals surface area contributed by atoms with Gasteiger partial charge >= 0.3 is 0 Å². The Morgan fingerprint density at radius 3 is 2.66 bits per heavy atom. The summed E-state index contributed by atoms with van der Waals surface area (Å²) < 4.78 is 6.85. The Morgan fingerprint density at radius 2 is 1.90 bits per heavy atom. The maximum absolute atomic E-state index is 13.1. The minimum absolute atomic E-state index is 0.129. The largest absolute Gasteiger partial charge is 0.492 e. The summed E-state index contributed by atoms with van der Waals surface area (Å²) in [6, 6.07) is 14.0. The molecule has 152 valence electrons. The van der Waals surface area contributed by atoms with E-state index >= 15 is 0 Å². The number of thioether (sulfide) groups is 1. The molecule has 0 saturated carbocycles. The van der Waals surface area contributed by atoms with Crippen LogP contribution < -0.4 is 9.64 Å². The molecule has 5 nitrogen and oxygen atoms in total. The monoisotopic (exact) mass is 427 g/mol. The van der Waals surface area contributed by atoms with Gasteiger partial charge in [-0.05, 0) is 36.9 Å². The first-order valence-corrected chi connectivity index (χ1v) is 11.8. The Labute approximate surface area is 179 Å². The van der Waals surface area contributed by atoms with Crippen LogP contribution in [0.1, 0.15) is 24.2 Å². The summed E-state index contributed by atoms with van der Waals surface area (Å²) in [6.07, 6.45) is 0. The summed E-state index contributed by atoms with van der Waals surface area (Å²) in [5.41, 5.74) is 1.74. The normalized spacial score (nSPS) is 14.4. The van der Waals surface area contributed by atoms with Crippen LogP contribution in [0.3, 0.4) is 0 Å². The molecule has 1 aliphatic rings. The van der Waals surface area contributed by atoms with Crippen LogP contribution in [-0.2, 0) is 0 Å². The van der Waals surface area contributed by atoms with E-state index < -0.39 is 0 Å². The number of aromatic nitrogens is 1. The van der Waals surface area contributed by atoms with Crippen molar-refractivity contribution in [1.29, 1.82) is 0 Å². The zero-order valence-corrected chi connectivity index (χ0v) is 18.4. The lowest BCUT2D eigenvalue weighted by Crippen LogP contribution is -2.48. The van der Waals surface area contributed by atoms with Crippen LogP contribution in [0, 0.1) is 0 Å². The molecule has 1 amide bonds. The maximum atomic E-state index is 13.1. The predicted molar refractivity (Wildman–Crippen MR) is 122 cm³/mol. The number of piperazine rings is 1. The van der Waals surface area contributed by atoms with Crippen LogP contribution in [0.15, 0.2) is 47.4 Å². The summed E-state index contributed by atoms with van der Waals surface area (Å²) in [4.78, 5) is 23.2. The average molecular weight is 428 g/mol. The number of ether oxygens (including phenoxy) is 1. The van der Waals surface area contributed by atoms with E-state index in [1.54, 1.807) is 23.1 Å². The number of hydrogen-bond donors (Lipinski definition) is 0. The standard InChI is InChI=1S/C22H25N3O2S2/c1-3-27-17-9-7-11-19-20(17)23-22(29-19)25-14-12-24(13-15-25)21(26)16-8-5-6-10-18(16)28-4-2/h5-11H,3-4,12-15H2,1-2H3. The molecular formula is C22H25N3O2S2. The van der Waals surface area contributed by atoms with Crippen LogP contribution in [0.25, 0.3) is 10.2 Å². The number of benzene rings is 2. The highest BCUT2D eigenvalue weighted by Gasteiger charge is 2.25. The van der Waals surface area contributed by atoms with E-state index in [4.69, 9.17) is 9.72 Å². The minimum Gasteiger partial charge on any atom is -0.492 e. The molecular weight excluding hydrogens is 402 g/mol. The molecule has 1 aliphatic heterocycles. The fourth-order valence-electron chi connectivity index (χ4n) is 3.51. The second-order valence-electron chi connectivity index (χ2n) is 6.74. The molecule has 0 aliphatic carbocycles. The first-order chi connectivity index (χ1) is 14.2. The van der Waals surface area contributed by atoms with E-state index in [-0.39, 0.29) is 5.91 Å². The van der Waals surface area contributed by atoms with Crippen molar-refractivity contribution in [2.75, 3.05) is 43.4 Å². The maximum Gasteiger partial charge on any atom is 0.255 e. The summed E-state index contributed by atoms with van der Waals surface area (Å²) >= 11 is 3.41. The number of fused-ring (bicyclic) bond motifs is 1. The molecule has 0 N–H and O–H groups in total. The topological polar surface area (TPSA) is 45.7 Å². The summed E-state index contributed by atoms with van der Waals surface area (Å²) in [5, 5.41) is 1.00. The molecule has 1 fully saturated rings. The zero-order chi connectivity index (χ0) is 20.2. The number of carbonyl (C=O) groups excluding carboxylic acids is 1. The lowest BCUT2D eigenvalue weighted by atomic mass is 10.2. The number of amides is 1. The van der Waals surface area contributed by atoms with E-state index in [2.05, 4.69) is 17.9 Å². The van der Waals surface area contributed by atoms with Crippen molar-refractivity contribution in [2.45, 2.75) is 18.7 Å². The quantitative estimate of drug-likeness (QED) is 0.530. The molecule has 0 unspecified atom stereocenters. The highest BCUT2D eigenvalue weighted by molar-refractivity contribution is 7.99. The molecule has 4 rings (SSSR count). The van der Waals surface area contributed by atoms with Gasteiger partial charge in [-0.1, -0.05) is 36.5 Å². The van der Waals surface area contributed by atoms with Crippen molar-refractivity contribution in [2.24, 2.45) is 0 Å². The highest BCUT2D eigenvalue weighted by atomic mass is 32.2. The SMILES string of the molecule is CCOc1cccc2sc(N3CCN(C(=O)c4ccccc4SCC)CC3)nc12. The fraction of sp³-hybridized carbons (Fsp3) is 0.364. The van der Waals surface area contributed by atoms with Crippen molar-refractivity contribution >= 4 is 44.4 Å². The lowest BCUT2D eigenvalue weighted by Gasteiger charge is -2.34. The molecule has 29 heavy (non-hydrogen) atoms. The first-order valence-electron chi connectivity index (χ1n) is 9.99. The van der Waals surface area contributed by atoms with Crippen molar-refractivity contribution in [3.05, 3.63) is 48.0 Å². The Hall–Kier alpha value is -2.25. The minimum atomic E-state index is 0.129. The molecule has 7 heteroatoms. The molecule has 2 heterocycles. The van der Waals surface area contributed by atoms with Crippen molar-refractivity contribution in [1.82, 2.24) is 9.88 Å². The Kier molecular flexibility index (Phi) is 6.25. The number of para-hydroxylation sites is 1. The van der Waals surface area contributed by atoms with Crippen LogP contribution in [-0.4, -0.2) is 54.3 Å². The molecule has 0 radical (unpaired) electrons. The number of carbonyl (C=O) groups is 1. The van der Waals surface area contributed by atoms with Gasteiger partial charge in [-0.15, -0.1) is 11.8 Å². The van der Waals surface area contributed by atoms with Gasteiger partial charge in [-0.25, -0.2) is 4.98 Å². The second kappa shape index (κ2) is 9.05. The van der Waals surface area contributed by atoms with Gasteiger partial charge in [0.2, 0.25) is 0 Å². The van der Waals surface area contributed by atoms with E-state index in [1.807, 2.05) is 48.2 Å². The Bertz CT molecular complexity index is 997. The van der Waals surface area contributed by atoms with Gasteiger partial charge in [0.1, 0.15) is 11.3 Å². The van der Waals surface area contributed by atoms with Crippen LogP contribution in [0.4, 0.5) is 5.13 Å². The summed E-state index contributed by atoms with van der Waals surface area (Å²) in [6.45, 7) is 7.72. The Balaban J connectivity index is 1.47. The van der Waals surface area contributed by atoms with Gasteiger partial charge in [0, 0.05) is 31.1 Å². The van der Waals surface area contributed by atoms with Gasteiger partial charge in [-0.2, -0.15) is 0 Å². The summed E-state index contributed by atoms with van der Waals surface area (Å²) in [7, 11) is 0. The zero-order valence-electron chi connectivity index (χ0n) is 16.8. The molecule has 0 spiro atoms. The number of thiazole rings is 1. The van der Waals surface area contributed by atoms with E-state index in [0.29, 0.717) is 19.7 Å². The van der Waals surface area contributed by atoms with E-state index in [9.17, 15) is 4.79 Å². The van der Waals surface area contributed by atoms with Crippen LogP contribution >= 0.6 is 23.1 Å². The molecule has 0 bridgehead atoms. The fourth-order valence-corrected chi connectivity index (χ4v) is 5.35. The first kappa shape index (κ1) is 20.0. The van der Waals surface area contributed by atoms with Gasteiger partial charge in [0.25, 0.3) is 5.91 Å². The summed E-state index contributed by atoms with van der Waals surface area (Å²) in [5.74, 6) is 1.93. The Morgan fingerprint density at radius 1 is 1.10 bits per heavy atom. The average Bonchev–Trinajstić information content (AvgIpc) is 3.20. The molecule has 0 atom stereocenters. The van der Waals surface area contributed by atoms with Gasteiger partial charge < -0.3 is 14.5 Å². The molecule has 1 saturated heterocycles. The highest BCUT2D eigenvalue weighted by Crippen LogP contribution is 2.34.